The van der Waals surface area contributed by atoms with Gasteiger partial charge in [0.2, 0.25) is 0 Å². The molecule has 0 aliphatic carbocycles. The second-order valence-electron chi connectivity index (χ2n) is 8.76. The summed E-state index contributed by atoms with van der Waals surface area (Å²) in [5.74, 6) is -0.216. The summed E-state index contributed by atoms with van der Waals surface area (Å²) in [6, 6.07) is 9.54. The average Bonchev–Trinajstić information content (AvgIpc) is 3.58. The van der Waals surface area contributed by atoms with Crippen molar-refractivity contribution in [3.63, 3.8) is 0 Å². The van der Waals surface area contributed by atoms with E-state index in [2.05, 4.69) is 36.1 Å². The van der Waals surface area contributed by atoms with Gasteiger partial charge in [0, 0.05) is 41.8 Å². The first-order valence-corrected chi connectivity index (χ1v) is 13.1. The number of hydrogen-bond donors (Lipinski definition) is 3. The van der Waals surface area contributed by atoms with Crippen molar-refractivity contribution < 1.29 is 4.79 Å². The molecule has 9 nitrogen and oxygen atoms in total. The highest BCUT2D eigenvalue weighted by Crippen LogP contribution is 2.28. The molecule has 4 rings (SSSR count). The Bertz CT molecular complexity index is 1430. The quantitative estimate of drug-likeness (QED) is 0.270. The van der Waals surface area contributed by atoms with Crippen LogP contribution in [0.4, 0.5) is 0 Å². The van der Waals surface area contributed by atoms with Crippen molar-refractivity contribution in [1.82, 2.24) is 29.8 Å². The van der Waals surface area contributed by atoms with Crippen molar-refractivity contribution in [3.8, 4) is 21.8 Å². The van der Waals surface area contributed by atoms with Crippen molar-refractivity contribution in [1.29, 1.82) is 5.41 Å². The fraction of sp³-hybridized carbons (Fsp3) is 0.296. The summed E-state index contributed by atoms with van der Waals surface area (Å²) in [5, 5.41) is 17.4. The third-order valence-electron chi connectivity index (χ3n) is 6.35. The van der Waals surface area contributed by atoms with Crippen LogP contribution in [0.5, 0.6) is 0 Å². The summed E-state index contributed by atoms with van der Waals surface area (Å²) < 4.78 is 1.69. The molecule has 37 heavy (non-hydrogen) atoms. The van der Waals surface area contributed by atoms with Gasteiger partial charge in [-0.25, -0.2) is 14.5 Å². The highest BCUT2D eigenvalue weighted by Gasteiger charge is 2.19. The van der Waals surface area contributed by atoms with Gasteiger partial charge >= 0.3 is 0 Å². The summed E-state index contributed by atoms with van der Waals surface area (Å²) in [6.07, 6.45) is 4.72. The molecule has 0 saturated heterocycles. The molecule has 1 unspecified atom stereocenters. The van der Waals surface area contributed by atoms with Gasteiger partial charge in [-0.1, -0.05) is 19.9 Å². The van der Waals surface area contributed by atoms with E-state index >= 15 is 0 Å². The lowest BCUT2D eigenvalue weighted by molar-refractivity contribution is 0.0938. The molecule has 1 atom stereocenters. The Labute approximate surface area is 220 Å². The molecule has 0 aliphatic heterocycles. The number of nitrogens with two attached hydrogens (primary N) is 1. The number of nitrogens with one attached hydrogen (secondary N) is 2. The Morgan fingerprint density at radius 3 is 2.68 bits per heavy atom. The molecule has 4 N–H and O–H groups in total. The number of rotatable bonds is 10. The number of carbonyl (C=O) groups is 1. The molecule has 4 aromatic heterocycles. The predicted octanol–water partition coefficient (Wildman–Crippen LogP) is 4.32. The van der Waals surface area contributed by atoms with Crippen LogP contribution in [0.15, 0.2) is 53.8 Å². The van der Waals surface area contributed by atoms with Crippen molar-refractivity contribution in [2.45, 2.75) is 33.7 Å². The highest BCUT2D eigenvalue weighted by molar-refractivity contribution is 7.13. The maximum Gasteiger partial charge on any atom is 0.251 e. The zero-order valence-corrected chi connectivity index (χ0v) is 22.3. The molecule has 4 aromatic rings. The molecule has 0 aliphatic rings. The number of fused-ring (bicyclic) bond motifs is 1. The van der Waals surface area contributed by atoms with E-state index in [4.69, 9.17) is 21.1 Å². The second kappa shape index (κ2) is 11.4. The minimum atomic E-state index is -0.216. The molecule has 192 valence electrons. The van der Waals surface area contributed by atoms with Crippen LogP contribution in [0.3, 0.4) is 0 Å². The lowest BCUT2D eigenvalue weighted by Crippen LogP contribution is -2.42. The summed E-state index contributed by atoms with van der Waals surface area (Å²) in [6.45, 7) is 10.4. The van der Waals surface area contributed by atoms with Crippen LogP contribution in [-0.2, 0) is 0 Å². The fourth-order valence-corrected chi connectivity index (χ4v) is 4.95. The molecule has 0 aromatic carbocycles. The van der Waals surface area contributed by atoms with Crippen molar-refractivity contribution in [3.05, 3.63) is 65.1 Å². The number of hydrogen-bond acceptors (Lipinski definition) is 8. The molecule has 10 heteroatoms. The number of nitrogens with zero attached hydrogens (tertiary/aromatic N) is 5. The first-order chi connectivity index (χ1) is 17.9. The van der Waals surface area contributed by atoms with Crippen LogP contribution in [-0.4, -0.2) is 62.3 Å². The van der Waals surface area contributed by atoms with Gasteiger partial charge in [0.25, 0.3) is 5.91 Å². The summed E-state index contributed by atoms with van der Waals surface area (Å²) in [7, 11) is 0. The molecule has 0 saturated carbocycles. The first kappa shape index (κ1) is 26.2. The van der Waals surface area contributed by atoms with Gasteiger partial charge in [0.15, 0.2) is 5.65 Å². The van der Waals surface area contributed by atoms with E-state index in [-0.39, 0.29) is 11.9 Å². The highest BCUT2D eigenvalue weighted by atomic mass is 32.1. The van der Waals surface area contributed by atoms with Gasteiger partial charge in [0.1, 0.15) is 0 Å². The zero-order chi connectivity index (χ0) is 26.5. The lowest BCUT2D eigenvalue weighted by Gasteiger charge is -2.26. The van der Waals surface area contributed by atoms with E-state index in [1.807, 2.05) is 29.8 Å². The number of allylic oxidation sites excluding steroid dienone is 2. The minimum Gasteiger partial charge on any atom is -0.402 e. The smallest absolute Gasteiger partial charge is 0.251 e. The maximum absolute atomic E-state index is 13.3. The van der Waals surface area contributed by atoms with Gasteiger partial charge < -0.3 is 16.5 Å². The van der Waals surface area contributed by atoms with Gasteiger partial charge in [-0.2, -0.15) is 5.10 Å². The zero-order valence-electron chi connectivity index (χ0n) is 21.5. The van der Waals surface area contributed by atoms with Crippen molar-refractivity contribution >= 4 is 34.7 Å². The van der Waals surface area contributed by atoms with E-state index in [0.29, 0.717) is 46.0 Å². The molecule has 4 heterocycles. The fourth-order valence-electron chi connectivity index (χ4n) is 4.26. The van der Waals surface area contributed by atoms with Crippen LogP contribution in [0, 0.1) is 5.41 Å². The third kappa shape index (κ3) is 5.60. The third-order valence-corrected chi connectivity index (χ3v) is 7.24. The number of carbonyl (C=O) groups excluding carboxylic acids is 1. The topological polar surface area (TPSA) is 125 Å². The minimum absolute atomic E-state index is 0.197. The summed E-state index contributed by atoms with van der Waals surface area (Å²) in [5.41, 5.74) is 10.5. The van der Waals surface area contributed by atoms with Gasteiger partial charge in [0.05, 0.1) is 33.7 Å². The van der Waals surface area contributed by atoms with Gasteiger partial charge in [-0.3, -0.25) is 9.69 Å². The Balaban J connectivity index is 1.77. The number of amides is 1. The average molecular weight is 517 g/mol. The number of pyridine rings is 1. The second-order valence-corrected chi connectivity index (χ2v) is 9.71. The van der Waals surface area contributed by atoms with Crippen LogP contribution < -0.4 is 11.1 Å². The molecule has 0 bridgehead atoms. The van der Waals surface area contributed by atoms with E-state index < -0.39 is 0 Å². The largest absolute Gasteiger partial charge is 0.402 e. The number of thiophene rings is 1. The van der Waals surface area contributed by atoms with E-state index in [1.165, 1.54) is 0 Å². The first-order valence-electron chi connectivity index (χ1n) is 12.3. The van der Waals surface area contributed by atoms with E-state index in [9.17, 15) is 4.79 Å². The van der Waals surface area contributed by atoms with Crippen LogP contribution in [0.25, 0.3) is 33.0 Å². The summed E-state index contributed by atoms with van der Waals surface area (Å²) >= 11 is 1.61. The Kier molecular flexibility index (Phi) is 8.10. The van der Waals surface area contributed by atoms with E-state index in [1.54, 1.807) is 41.1 Å². The van der Waals surface area contributed by atoms with Gasteiger partial charge in [-0.15, -0.1) is 11.3 Å². The number of aromatic nitrogens is 4. The SMILES string of the molecule is CCN(CC)C(C)CNC(=O)c1cc(C(C=N)=C(C)N)nc(-c2cnn3ccc(-c4cccs4)nc23)c1. The standard InChI is InChI=1S/C27H32N8OS/c1-5-34(6-2)17(3)15-30-27(36)19-12-23(20(14-28)18(4)29)32-24(13-19)21-16-31-35-10-9-22(33-26(21)35)25-8-7-11-37-25/h7-14,16-17,28H,5-6,15,29H2,1-4H3,(H,30,36). The Morgan fingerprint density at radius 1 is 1.24 bits per heavy atom. The summed E-state index contributed by atoms with van der Waals surface area (Å²) in [4.78, 5) is 26.2. The van der Waals surface area contributed by atoms with Crippen LogP contribution >= 0.6 is 11.3 Å². The van der Waals surface area contributed by atoms with Crippen LogP contribution in [0.2, 0.25) is 0 Å². The Hall–Kier alpha value is -3.89. The normalized spacial score (nSPS) is 13.0. The number of likely N-dealkylation sites (N-methyl/N-ethyl adjacent to an activating group) is 1. The predicted molar refractivity (Wildman–Crippen MR) is 150 cm³/mol. The molecule has 0 fully saturated rings. The van der Waals surface area contributed by atoms with E-state index in [0.717, 1.165) is 29.9 Å². The van der Waals surface area contributed by atoms with Crippen LogP contribution in [0.1, 0.15) is 43.7 Å². The molecule has 0 spiro atoms. The molecule has 1 amide bonds. The Morgan fingerprint density at radius 2 is 2.03 bits per heavy atom. The maximum atomic E-state index is 13.3. The molecule has 0 radical (unpaired) electrons. The van der Waals surface area contributed by atoms with Crippen molar-refractivity contribution in [2.24, 2.45) is 5.73 Å². The molecular formula is C27H32N8OS. The monoisotopic (exact) mass is 516 g/mol. The van der Waals surface area contributed by atoms with Gasteiger partial charge in [-0.05, 0) is 56.6 Å². The lowest BCUT2D eigenvalue weighted by atomic mass is 10.0. The molecular weight excluding hydrogens is 484 g/mol. The van der Waals surface area contributed by atoms with Crippen molar-refractivity contribution in [2.75, 3.05) is 19.6 Å².